The molecule has 0 aromatic carbocycles. The van der Waals surface area contributed by atoms with Crippen LogP contribution in [-0.2, 0) is 0 Å². The average Bonchev–Trinajstić information content (AvgIpc) is 2.17. The van der Waals surface area contributed by atoms with E-state index in [1.807, 2.05) is 0 Å². The molecular weight excluding hydrogens is 174 g/mol. The van der Waals surface area contributed by atoms with Crippen molar-refractivity contribution in [1.29, 1.82) is 0 Å². The Morgan fingerprint density at radius 3 is 2.36 bits per heavy atom. The highest BCUT2D eigenvalue weighted by molar-refractivity contribution is 4.91. The van der Waals surface area contributed by atoms with Gasteiger partial charge >= 0.3 is 0 Å². The van der Waals surface area contributed by atoms with Crippen LogP contribution in [0.2, 0.25) is 0 Å². The van der Waals surface area contributed by atoms with Gasteiger partial charge in [0, 0.05) is 18.7 Å². The summed E-state index contributed by atoms with van der Waals surface area (Å²) >= 11 is 0. The molecule has 14 heavy (non-hydrogen) atoms. The lowest BCUT2D eigenvalue weighted by atomic mass is 9.78. The van der Waals surface area contributed by atoms with E-state index in [0.717, 1.165) is 12.1 Å². The molecule has 2 heteroatoms. The molecule has 2 atom stereocenters. The molecule has 2 aliphatic rings. The minimum atomic E-state index is 0.410. The minimum Gasteiger partial charge on any atom is -0.396 e. The maximum atomic E-state index is 9.24. The SMILES string of the molecule is CCCN1[C@H]2CCC[C@H]1CC(CO)C2. The molecule has 0 saturated carbocycles. The molecule has 2 bridgehead atoms. The Labute approximate surface area is 87.3 Å². The zero-order valence-corrected chi connectivity index (χ0v) is 9.28. The predicted octanol–water partition coefficient (Wildman–Crippen LogP) is 2.02. The highest BCUT2D eigenvalue weighted by Gasteiger charge is 2.36. The van der Waals surface area contributed by atoms with Crippen molar-refractivity contribution in [2.75, 3.05) is 13.2 Å². The standard InChI is InChI=1S/C12H23NO/c1-2-6-13-11-4-3-5-12(13)8-10(7-11)9-14/h10-12,14H,2-9H2,1H3/t11-,12-/m0/s1. The fraction of sp³-hybridized carbons (Fsp3) is 1.00. The van der Waals surface area contributed by atoms with Gasteiger partial charge in [-0.3, -0.25) is 4.90 Å². The zero-order valence-electron chi connectivity index (χ0n) is 9.28. The summed E-state index contributed by atoms with van der Waals surface area (Å²) in [6, 6.07) is 1.58. The van der Waals surface area contributed by atoms with Crippen molar-refractivity contribution in [1.82, 2.24) is 4.90 Å². The molecule has 0 radical (unpaired) electrons. The van der Waals surface area contributed by atoms with E-state index in [-0.39, 0.29) is 0 Å². The van der Waals surface area contributed by atoms with Gasteiger partial charge in [0.2, 0.25) is 0 Å². The third kappa shape index (κ3) is 1.96. The van der Waals surface area contributed by atoms with Gasteiger partial charge in [-0.25, -0.2) is 0 Å². The van der Waals surface area contributed by atoms with Crippen LogP contribution < -0.4 is 0 Å². The van der Waals surface area contributed by atoms with E-state index in [0.29, 0.717) is 12.5 Å². The van der Waals surface area contributed by atoms with Gasteiger partial charge in [-0.15, -0.1) is 0 Å². The van der Waals surface area contributed by atoms with Gasteiger partial charge in [-0.1, -0.05) is 13.3 Å². The lowest BCUT2D eigenvalue weighted by molar-refractivity contribution is -0.000815. The van der Waals surface area contributed by atoms with Crippen LogP contribution in [0.5, 0.6) is 0 Å². The van der Waals surface area contributed by atoms with Crippen LogP contribution in [-0.4, -0.2) is 35.2 Å². The smallest absolute Gasteiger partial charge is 0.0460 e. The molecule has 0 unspecified atom stereocenters. The number of nitrogens with zero attached hydrogens (tertiary/aromatic N) is 1. The molecule has 0 spiro atoms. The third-order valence-corrected chi connectivity index (χ3v) is 3.96. The first kappa shape index (κ1) is 10.4. The topological polar surface area (TPSA) is 23.5 Å². The van der Waals surface area contributed by atoms with Gasteiger partial charge in [0.05, 0.1) is 0 Å². The molecule has 2 saturated heterocycles. The number of hydrogen-bond donors (Lipinski definition) is 1. The summed E-state index contributed by atoms with van der Waals surface area (Å²) in [5.41, 5.74) is 0. The summed E-state index contributed by atoms with van der Waals surface area (Å²) in [5.74, 6) is 0.596. The average molecular weight is 197 g/mol. The summed E-state index contributed by atoms with van der Waals surface area (Å²) in [4.78, 5) is 2.72. The van der Waals surface area contributed by atoms with E-state index in [9.17, 15) is 5.11 Å². The van der Waals surface area contributed by atoms with Gasteiger partial charge in [0.15, 0.2) is 0 Å². The minimum absolute atomic E-state index is 0.410. The van der Waals surface area contributed by atoms with E-state index in [1.54, 1.807) is 0 Å². The van der Waals surface area contributed by atoms with Crippen molar-refractivity contribution >= 4 is 0 Å². The molecule has 2 nitrogen and oxygen atoms in total. The summed E-state index contributed by atoms with van der Waals surface area (Å²) < 4.78 is 0. The van der Waals surface area contributed by atoms with E-state index in [1.165, 1.54) is 45.1 Å². The lowest BCUT2D eigenvalue weighted by Gasteiger charge is -2.48. The predicted molar refractivity (Wildman–Crippen MR) is 58.2 cm³/mol. The van der Waals surface area contributed by atoms with Crippen molar-refractivity contribution in [2.45, 2.75) is 57.5 Å². The van der Waals surface area contributed by atoms with Gasteiger partial charge in [-0.05, 0) is 44.6 Å². The fourth-order valence-electron chi connectivity index (χ4n) is 3.36. The summed E-state index contributed by atoms with van der Waals surface area (Å²) in [7, 11) is 0. The molecule has 0 amide bonds. The molecule has 0 aromatic rings. The Morgan fingerprint density at radius 1 is 1.21 bits per heavy atom. The van der Waals surface area contributed by atoms with Crippen LogP contribution in [0.1, 0.15) is 45.4 Å². The van der Waals surface area contributed by atoms with Crippen LogP contribution in [0.3, 0.4) is 0 Å². The van der Waals surface area contributed by atoms with Crippen LogP contribution in [0.15, 0.2) is 0 Å². The second-order valence-corrected chi connectivity index (χ2v) is 5.00. The van der Waals surface area contributed by atoms with Gasteiger partial charge in [0.1, 0.15) is 0 Å². The maximum Gasteiger partial charge on any atom is 0.0460 e. The Bertz CT molecular complexity index is 169. The molecule has 2 heterocycles. The van der Waals surface area contributed by atoms with Crippen molar-refractivity contribution in [3.05, 3.63) is 0 Å². The van der Waals surface area contributed by atoms with Crippen molar-refractivity contribution in [3.8, 4) is 0 Å². The normalized spacial score (nSPS) is 38.6. The summed E-state index contributed by atoms with van der Waals surface area (Å²) in [6.07, 6.45) is 7.91. The molecule has 1 N–H and O–H groups in total. The first-order chi connectivity index (χ1) is 6.85. The Kier molecular flexibility index (Phi) is 3.45. The van der Waals surface area contributed by atoms with Gasteiger partial charge < -0.3 is 5.11 Å². The number of hydrogen-bond acceptors (Lipinski definition) is 2. The molecule has 2 aliphatic heterocycles. The summed E-state index contributed by atoms with van der Waals surface area (Å²) in [5, 5.41) is 9.24. The molecular formula is C12H23NO. The molecule has 82 valence electrons. The molecule has 2 fully saturated rings. The Morgan fingerprint density at radius 2 is 1.86 bits per heavy atom. The number of fused-ring (bicyclic) bond motifs is 2. The fourth-order valence-corrected chi connectivity index (χ4v) is 3.36. The van der Waals surface area contributed by atoms with Crippen molar-refractivity contribution < 1.29 is 5.11 Å². The zero-order chi connectivity index (χ0) is 9.97. The summed E-state index contributed by atoms with van der Waals surface area (Å²) in [6.45, 7) is 3.95. The van der Waals surface area contributed by atoms with Crippen LogP contribution >= 0.6 is 0 Å². The number of aliphatic hydroxyl groups excluding tert-OH is 1. The highest BCUT2D eigenvalue weighted by Crippen LogP contribution is 2.36. The first-order valence-corrected chi connectivity index (χ1v) is 6.21. The van der Waals surface area contributed by atoms with Gasteiger partial charge in [0.25, 0.3) is 0 Å². The Balaban J connectivity index is 1.99. The van der Waals surface area contributed by atoms with Crippen LogP contribution in [0.25, 0.3) is 0 Å². The second-order valence-electron chi connectivity index (χ2n) is 5.00. The van der Waals surface area contributed by atoms with E-state index in [4.69, 9.17) is 0 Å². The number of aliphatic hydroxyl groups is 1. The largest absolute Gasteiger partial charge is 0.396 e. The molecule has 2 rings (SSSR count). The monoisotopic (exact) mass is 197 g/mol. The molecule has 0 aromatic heterocycles. The van der Waals surface area contributed by atoms with Crippen LogP contribution in [0, 0.1) is 5.92 Å². The van der Waals surface area contributed by atoms with E-state index >= 15 is 0 Å². The molecule has 0 aliphatic carbocycles. The van der Waals surface area contributed by atoms with Crippen LogP contribution in [0.4, 0.5) is 0 Å². The van der Waals surface area contributed by atoms with Crippen molar-refractivity contribution in [3.63, 3.8) is 0 Å². The van der Waals surface area contributed by atoms with Crippen molar-refractivity contribution in [2.24, 2.45) is 5.92 Å². The third-order valence-electron chi connectivity index (χ3n) is 3.96. The lowest BCUT2D eigenvalue weighted by Crippen LogP contribution is -2.52. The van der Waals surface area contributed by atoms with E-state index in [2.05, 4.69) is 11.8 Å². The first-order valence-electron chi connectivity index (χ1n) is 6.21. The van der Waals surface area contributed by atoms with E-state index < -0.39 is 0 Å². The Hall–Kier alpha value is -0.0800. The second kappa shape index (κ2) is 4.63. The maximum absolute atomic E-state index is 9.24. The number of piperidine rings is 2. The quantitative estimate of drug-likeness (QED) is 0.748. The highest BCUT2D eigenvalue weighted by atomic mass is 16.3. The number of rotatable bonds is 3. The van der Waals surface area contributed by atoms with Gasteiger partial charge in [-0.2, -0.15) is 0 Å².